The maximum atomic E-state index is 12.6. The number of carbonyl (C=O) groups excluding carboxylic acids is 1. The number of hydrogen-bond donors (Lipinski definition) is 1. The molecular formula is C21H39N3O. The fourth-order valence-electron chi connectivity index (χ4n) is 3.18. The van der Waals surface area contributed by atoms with Gasteiger partial charge in [-0.15, -0.1) is 0 Å². The minimum atomic E-state index is 0.242. The molecule has 1 heterocycles. The standard InChI is InChI=1S/C21H39N3O/c1-3-5-7-9-11-13-15-24(16-14-12-10-8-6-4-2)21(25)17-20-18-22-19-23-20/h18-19H,3-17H2,1-2H3,(H,22,23). The van der Waals surface area contributed by atoms with Crippen LogP contribution in [-0.4, -0.2) is 33.9 Å². The number of imidazole rings is 1. The number of nitrogens with zero attached hydrogens (tertiary/aromatic N) is 2. The van der Waals surface area contributed by atoms with Gasteiger partial charge in [-0.1, -0.05) is 78.1 Å². The van der Waals surface area contributed by atoms with Gasteiger partial charge in [-0.05, 0) is 12.8 Å². The van der Waals surface area contributed by atoms with E-state index in [9.17, 15) is 4.79 Å². The quantitative estimate of drug-likeness (QED) is 0.400. The van der Waals surface area contributed by atoms with E-state index in [2.05, 4.69) is 28.7 Å². The van der Waals surface area contributed by atoms with Gasteiger partial charge in [-0.3, -0.25) is 4.79 Å². The van der Waals surface area contributed by atoms with Crippen molar-refractivity contribution >= 4 is 5.91 Å². The summed E-state index contributed by atoms with van der Waals surface area (Å²) in [6, 6.07) is 0. The number of nitrogens with one attached hydrogen (secondary N) is 1. The van der Waals surface area contributed by atoms with E-state index in [4.69, 9.17) is 0 Å². The molecule has 0 saturated heterocycles. The second kappa shape index (κ2) is 15.0. The number of hydrogen-bond acceptors (Lipinski definition) is 2. The minimum Gasteiger partial charge on any atom is -0.348 e. The second-order valence-corrected chi connectivity index (χ2v) is 7.17. The van der Waals surface area contributed by atoms with Gasteiger partial charge >= 0.3 is 0 Å². The molecule has 0 aliphatic carbocycles. The predicted molar refractivity (Wildman–Crippen MR) is 106 cm³/mol. The number of aromatic nitrogens is 2. The van der Waals surface area contributed by atoms with Gasteiger partial charge in [0.1, 0.15) is 0 Å². The largest absolute Gasteiger partial charge is 0.348 e. The number of aromatic amines is 1. The Morgan fingerprint density at radius 1 is 0.880 bits per heavy atom. The van der Waals surface area contributed by atoms with Crippen molar-refractivity contribution in [1.82, 2.24) is 14.9 Å². The Morgan fingerprint density at radius 3 is 1.88 bits per heavy atom. The second-order valence-electron chi connectivity index (χ2n) is 7.17. The Bertz CT molecular complexity index is 401. The summed E-state index contributed by atoms with van der Waals surface area (Å²) < 4.78 is 0. The number of carbonyl (C=O) groups is 1. The molecule has 1 rings (SSSR count). The van der Waals surface area contributed by atoms with Gasteiger partial charge in [-0.25, -0.2) is 4.98 Å². The molecule has 1 aromatic heterocycles. The van der Waals surface area contributed by atoms with Crippen LogP contribution >= 0.6 is 0 Å². The molecule has 25 heavy (non-hydrogen) atoms. The van der Waals surface area contributed by atoms with Gasteiger partial charge in [0.25, 0.3) is 0 Å². The molecule has 0 saturated carbocycles. The molecule has 0 spiro atoms. The first kappa shape index (κ1) is 21.7. The molecule has 4 heteroatoms. The highest BCUT2D eigenvalue weighted by atomic mass is 16.2. The molecule has 144 valence electrons. The number of unbranched alkanes of at least 4 members (excludes halogenated alkanes) is 10. The first-order chi connectivity index (χ1) is 12.3. The van der Waals surface area contributed by atoms with Crippen molar-refractivity contribution in [3.8, 4) is 0 Å². The fourth-order valence-corrected chi connectivity index (χ4v) is 3.18. The van der Waals surface area contributed by atoms with Gasteiger partial charge in [0.15, 0.2) is 0 Å². The lowest BCUT2D eigenvalue weighted by Gasteiger charge is -2.22. The first-order valence-electron chi connectivity index (χ1n) is 10.5. The van der Waals surface area contributed by atoms with Crippen molar-refractivity contribution in [3.05, 3.63) is 18.2 Å². The third-order valence-electron chi connectivity index (χ3n) is 4.81. The summed E-state index contributed by atoms with van der Waals surface area (Å²) in [6.45, 7) is 6.31. The molecule has 0 bridgehead atoms. The van der Waals surface area contributed by atoms with Crippen molar-refractivity contribution in [1.29, 1.82) is 0 Å². The van der Waals surface area contributed by atoms with Crippen LogP contribution < -0.4 is 0 Å². The molecule has 0 unspecified atom stereocenters. The van der Waals surface area contributed by atoms with E-state index in [1.54, 1.807) is 12.5 Å². The van der Waals surface area contributed by atoms with Crippen molar-refractivity contribution in [3.63, 3.8) is 0 Å². The van der Waals surface area contributed by atoms with Crippen LogP contribution in [0.15, 0.2) is 12.5 Å². The first-order valence-corrected chi connectivity index (χ1v) is 10.5. The summed E-state index contributed by atoms with van der Waals surface area (Å²) in [5.74, 6) is 0.242. The smallest absolute Gasteiger partial charge is 0.228 e. The normalized spacial score (nSPS) is 11.0. The van der Waals surface area contributed by atoms with Crippen LogP contribution in [0.1, 0.15) is 96.6 Å². The molecule has 0 aliphatic heterocycles. The van der Waals surface area contributed by atoms with Crippen LogP contribution in [-0.2, 0) is 11.2 Å². The van der Waals surface area contributed by atoms with Crippen molar-refractivity contribution in [2.75, 3.05) is 13.1 Å². The van der Waals surface area contributed by atoms with Crippen LogP contribution in [0.5, 0.6) is 0 Å². The molecule has 0 aromatic carbocycles. The Morgan fingerprint density at radius 2 is 1.40 bits per heavy atom. The van der Waals surface area contributed by atoms with E-state index in [1.807, 2.05) is 0 Å². The SMILES string of the molecule is CCCCCCCCN(CCCCCCCC)C(=O)Cc1cnc[nH]1. The van der Waals surface area contributed by atoms with Crippen molar-refractivity contribution in [2.24, 2.45) is 0 Å². The molecule has 0 atom stereocenters. The maximum absolute atomic E-state index is 12.6. The topological polar surface area (TPSA) is 49.0 Å². The monoisotopic (exact) mass is 349 g/mol. The third kappa shape index (κ3) is 11.0. The van der Waals surface area contributed by atoms with Gasteiger partial charge in [0, 0.05) is 25.0 Å². The molecule has 1 N–H and O–H groups in total. The zero-order valence-electron chi connectivity index (χ0n) is 16.6. The van der Waals surface area contributed by atoms with Crippen LogP contribution in [0.25, 0.3) is 0 Å². The molecule has 0 fully saturated rings. The van der Waals surface area contributed by atoms with E-state index in [0.29, 0.717) is 6.42 Å². The van der Waals surface area contributed by atoms with Crippen LogP contribution in [0.3, 0.4) is 0 Å². The number of H-pyrrole nitrogens is 1. The summed E-state index contributed by atoms with van der Waals surface area (Å²) in [5, 5.41) is 0. The lowest BCUT2D eigenvalue weighted by Crippen LogP contribution is -2.34. The lowest BCUT2D eigenvalue weighted by molar-refractivity contribution is -0.130. The van der Waals surface area contributed by atoms with E-state index in [-0.39, 0.29) is 5.91 Å². The average Bonchev–Trinajstić information content (AvgIpc) is 3.12. The summed E-state index contributed by atoms with van der Waals surface area (Å²) in [4.78, 5) is 21.8. The molecule has 4 nitrogen and oxygen atoms in total. The van der Waals surface area contributed by atoms with E-state index < -0.39 is 0 Å². The fraction of sp³-hybridized carbons (Fsp3) is 0.810. The Kier molecular flexibility index (Phi) is 13.0. The van der Waals surface area contributed by atoms with E-state index in [1.165, 1.54) is 64.2 Å². The van der Waals surface area contributed by atoms with E-state index in [0.717, 1.165) is 31.6 Å². The van der Waals surface area contributed by atoms with Gasteiger partial charge in [-0.2, -0.15) is 0 Å². The average molecular weight is 350 g/mol. The Balaban J connectivity index is 2.30. The summed E-state index contributed by atoms with van der Waals surface area (Å²) >= 11 is 0. The molecule has 1 amide bonds. The molecular weight excluding hydrogens is 310 g/mol. The minimum absolute atomic E-state index is 0.242. The van der Waals surface area contributed by atoms with Crippen LogP contribution in [0, 0.1) is 0 Å². The van der Waals surface area contributed by atoms with Crippen LogP contribution in [0.4, 0.5) is 0 Å². The number of rotatable bonds is 16. The highest BCUT2D eigenvalue weighted by Gasteiger charge is 2.14. The van der Waals surface area contributed by atoms with Gasteiger partial charge in [0.2, 0.25) is 5.91 Å². The van der Waals surface area contributed by atoms with Gasteiger partial charge in [0.05, 0.1) is 12.7 Å². The van der Waals surface area contributed by atoms with Crippen LogP contribution in [0.2, 0.25) is 0 Å². The third-order valence-corrected chi connectivity index (χ3v) is 4.81. The summed E-state index contributed by atoms with van der Waals surface area (Å²) in [5.41, 5.74) is 0.917. The van der Waals surface area contributed by atoms with Crippen molar-refractivity contribution < 1.29 is 4.79 Å². The lowest BCUT2D eigenvalue weighted by atomic mass is 10.1. The highest BCUT2D eigenvalue weighted by molar-refractivity contribution is 5.78. The zero-order valence-corrected chi connectivity index (χ0v) is 16.6. The predicted octanol–water partition coefficient (Wildman–Crippen LogP) is 5.50. The summed E-state index contributed by atoms with van der Waals surface area (Å²) in [7, 11) is 0. The zero-order chi connectivity index (χ0) is 18.2. The maximum Gasteiger partial charge on any atom is 0.228 e. The summed E-state index contributed by atoms with van der Waals surface area (Å²) in [6.07, 6.45) is 19.1. The van der Waals surface area contributed by atoms with Gasteiger partial charge < -0.3 is 9.88 Å². The Labute approximate surface area is 154 Å². The van der Waals surface area contributed by atoms with Crippen molar-refractivity contribution in [2.45, 2.75) is 97.3 Å². The Hall–Kier alpha value is -1.32. The van der Waals surface area contributed by atoms with E-state index >= 15 is 0 Å². The molecule has 0 radical (unpaired) electrons. The molecule has 1 aromatic rings. The molecule has 0 aliphatic rings. The number of amides is 1. The highest BCUT2D eigenvalue weighted by Crippen LogP contribution is 2.10.